The monoisotopic (exact) mass is 389 g/mol. The molecule has 4 heterocycles. The predicted molar refractivity (Wildman–Crippen MR) is 111 cm³/mol. The summed E-state index contributed by atoms with van der Waals surface area (Å²) in [5, 5.41) is 4.99. The fraction of sp³-hybridized carbons (Fsp3) is 0.143. The van der Waals surface area contributed by atoms with Gasteiger partial charge in [-0.25, -0.2) is 9.97 Å². The third-order valence-electron chi connectivity index (χ3n) is 3.97. The van der Waals surface area contributed by atoms with Crippen molar-refractivity contribution in [2.24, 2.45) is 0 Å². The average Bonchev–Trinajstić information content (AvgIpc) is 3.12. The van der Waals surface area contributed by atoms with Crippen LogP contribution in [0, 0.1) is 6.92 Å². The van der Waals surface area contributed by atoms with Gasteiger partial charge in [0.05, 0.1) is 10.7 Å². The molecule has 4 aromatic heterocycles. The number of aryl methyl sites for hydroxylation is 2. The Hall–Kier alpha value is -3.32. The molecule has 0 saturated carbocycles. The summed E-state index contributed by atoms with van der Waals surface area (Å²) in [6.45, 7) is 4.05. The number of hydrogen-bond donors (Lipinski definition) is 1. The summed E-state index contributed by atoms with van der Waals surface area (Å²) in [4.78, 5) is 17.7. The zero-order valence-corrected chi connectivity index (χ0v) is 16.4. The molecular weight excluding hydrogens is 370 g/mol. The van der Waals surface area contributed by atoms with Crippen LogP contribution in [0.15, 0.2) is 61.1 Å². The van der Waals surface area contributed by atoms with E-state index in [0.29, 0.717) is 11.6 Å². The largest absolute Gasteiger partial charge is 0.444 e. The SMILES string of the molecule is CCc1nc(-c2cccc(C)n2)c(Oc2ccnc(Nc3ccncc3)c2)s1. The Kier molecular flexibility index (Phi) is 5.25. The van der Waals surface area contributed by atoms with Gasteiger partial charge in [0, 0.05) is 36.0 Å². The number of nitrogens with zero attached hydrogens (tertiary/aromatic N) is 4. The number of hydrogen-bond acceptors (Lipinski definition) is 7. The van der Waals surface area contributed by atoms with Gasteiger partial charge in [0.25, 0.3) is 0 Å². The van der Waals surface area contributed by atoms with Gasteiger partial charge in [-0.1, -0.05) is 24.3 Å². The maximum atomic E-state index is 6.19. The number of thiazole rings is 1. The molecule has 0 fully saturated rings. The van der Waals surface area contributed by atoms with Gasteiger partial charge in [-0.05, 0) is 43.7 Å². The standard InChI is InChI=1S/C21H19N5OS/c1-3-19-26-20(17-6-4-5-14(2)24-17)21(28-19)27-16-9-12-23-18(13-16)25-15-7-10-22-11-8-15/h4-13H,3H2,1-2H3,(H,22,23,25). The van der Waals surface area contributed by atoms with Crippen molar-refractivity contribution in [2.45, 2.75) is 20.3 Å². The molecule has 0 amide bonds. The van der Waals surface area contributed by atoms with Gasteiger partial charge in [0.2, 0.25) is 5.06 Å². The molecule has 140 valence electrons. The van der Waals surface area contributed by atoms with Gasteiger partial charge in [-0.3, -0.25) is 9.97 Å². The minimum absolute atomic E-state index is 0.687. The fourth-order valence-corrected chi connectivity index (χ4v) is 3.52. The van der Waals surface area contributed by atoms with Gasteiger partial charge in [-0.2, -0.15) is 0 Å². The first-order valence-corrected chi connectivity index (χ1v) is 9.77. The Morgan fingerprint density at radius 3 is 2.68 bits per heavy atom. The third kappa shape index (κ3) is 4.15. The summed E-state index contributed by atoms with van der Waals surface area (Å²) < 4.78 is 6.19. The Labute approximate surface area is 167 Å². The molecular formula is C21H19N5OS. The van der Waals surface area contributed by atoms with Crippen LogP contribution in [-0.4, -0.2) is 19.9 Å². The predicted octanol–water partition coefficient (Wildman–Crippen LogP) is 5.40. The fourth-order valence-electron chi connectivity index (χ4n) is 2.64. The highest BCUT2D eigenvalue weighted by Crippen LogP contribution is 2.38. The van der Waals surface area contributed by atoms with E-state index in [9.17, 15) is 0 Å². The summed E-state index contributed by atoms with van der Waals surface area (Å²) in [6, 6.07) is 13.4. The molecule has 4 aromatic rings. The molecule has 0 unspecified atom stereocenters. The third-order valence-corrected chi connectivity index (χ3v) is 5.05. The highest BCUT2D eigenvalue weighted by molar-refractivity contribution is 7.14. The van der Waals surface area contributed by atoms with E-state index in [2.05, 4.69) is 27.2 Å². The van der Waals surface area contributed by atoms with Crippen LogP contribution in [0.2, 0.25) is 0 Å². The van der Waals surface area contributed by atoms with Crippen LogP contribution in [-0.2, 0) is 6.42 Å². The van der Waals surface area contributed by atoms with Crippen molar-refractivity contribution in [1.29, 1.82) is 0 Å². The Morgan fingerprint density at radius 2 is 1.89 bits per heavy atom. The molecule has 0 aliphatic heterocycles. The molecule has 0 bridgehead atoms. The summed E-state index contributed by atoms with van der Waals surface area (Å²) in [6.07, 6.45) is 6.02. The summed E-state index contributed by atoms with van der Waals surface area (Å²) in [7, 11) is 0. The molecule has 28 heavy (non-hydrogen) atoms. The van der Waals surface area contributed by atoms with Crippen molar-refractivity contribution in [3.63, 3.8) is 0 Å². The lowest BCUT2D eigenvalue weighted by Gasteiger charge is -2.08. The lowest BCUT2D eigenvalue weighted by Crippen LogP contribution is -1.94. The second-order valence-corrected chi connectivity index (χ2v) is 7.15. The smallest absolute Gasteiger partial charge is 0.210 e. The van der Waals surface area contributed by atoms with E-state index in [1.807, 2.05) is 49.4 Å². The Balaban J connectivity index is 1.62. The summed E-state index contributed by atoms with van der Waals surface area (Å²) in [5.74, 6) is 1.38. The van der Waals surface area contributed by atoms with Crippen molar-refractivity contribution in [3.8, 4) is 22.2 Å². The van der Waals surface area contributed by atoms with Crippen LogP contribution in [0.5, 0.6) is 10.8 Å². The van der Waals surface area contributed by atoms with Gasteiger partial charge in [0.15, 0.2) is 0 Å². The van der Waals surface area contributed by atoms with Crippen molar-refractivity contribution < 1.29 is 4.74 Å². The van der Waals surface area contributed by atoms with E-state index in [0.717, 1.165) is 39.3 Å². The molecule has 1 N–H and O–H groups in total. The second-order valence-electron chi connectivity index (χ2n) is 6.10. The molecule has 0 aliphatic rings. The first kappa shape index (κ1) is 18.1. The lowest BCUT2D eigenvalue weighted by atomic mass is 10.2. The van der Waals surface area contributed by atoms with Gasteiger partial charge < -0.3 is 10.1 Å². The van der Waals surface area contributed by atoms with Gasteiger partial charge >= 0.3 is 0 Å². The maximum absolute atomic E-state index is 6.19. The molecule has 0 atom stereocenters. The highest BCUT2D eigenvalue weighted by Gasteiger charge is 2.16. The van der Waals surface area contributed by atoms with E-state index in [-0.39, 0.29) is 0 Å². The number of pyridine rings is 3. The summed E-state index contributed by atoms with van der Waals surface area (Å²) >= 11 is 1.54. The number of nitrogens with one attached hydrogen (secondary N) is 1. The minimum Gasteiger partial charge on any atom is -0.444 e. The van der Waals surface area contributed by atoms with Crippen LogP contribution in [0.25, 0.3) is 11.4 Å². The van der Waals surface area contributed by atoms with E-state index in [1.54, 1.807) is 29.9 Å². The van der Waals surface area contributed by atoms with Crippen molar-refractivity contribution in [3.05, 3.63) is 71.8 Å². The van der Waals surface area contributed by atoms with Crippen LogP contribution in [0.4, 0.5) is 11.5 Å². The van der Waals surface area contributed by atoms with E-state index < -0.39 is 0 Å². The number of anilines is 2. The molecule has 0 saturated heterocycles. The van der Waals surface area contributed by atoms with Crippen molar-refractivity contribution >= 4 is 22.8 Å². The molecule has 0 aliphatic carbocycles. The topological polar surface area (TPSA) is 72.8 Å². The van der Waals surface area contributed by atoms with Crippen molar-refractivity contribution in [1.82, 2.24) is 19.9 Å². The average molecular weight is 389 g/mol. The molecule has 7 heteroatoms. The normalized spacial score (nSPS) is 10.6. The molecule has 0 aromatic carbocycles. The number of rotatable bonds is 6. The van der Waals surface area contributed by atoms with Gasteiger partial charge in [-0.15, -0.1) is 0 Å². The lowest BCUT2D eigenvalue weighted by molar-refractivity contribution is 0.496. The molecule has 0 spiro atoms. The second kappa shape index (κ2) is 8.14. The molecule has 4 rings (SSSR count). The van der Waals surface area contributed by atoms with Crippen LogP contribution in [0.1, 0.15) is 17.6 Å². The van der Waals surface area contributed by atoms with Crippen LogP contribution >= 0.6 is 11.3 Å². The molecule has 6 nitrogen and oxygen atoms in total. The minimum atomic E-state index is 0.687. The Morgan fingerprint density at radius 1 is 1.04 bits per heavy atom. The van der Waals surface area contributed by atoms with E-state index in [4.69, 9.17) is 9.72 Å². The summed E-state index contributed by atoms with van der Waals surface area (Å²) in [5.41, 5.74) is 3.44. The van der Waals surface area contributed by atoms with Crippen molar-refractivity contribution in [2.75, 3.05) is 5.32 Å². The first-order valence-electron chi connectivity index (χ1n) is 8.96. The Bertz CT molecular complexity index is 1080. The number of aromatic nitrogens is 4. The quantitative estimate of drug-likeness (QED) is 0.476. The van der Waals surface area contributed by atoms with E-state index >= 15 is 0 Å². The highest BCUT2D eigenvalue weighted by atomic mass is 32.1. The zero-order valence-electron chi connectivity index (χ0n) is 15.6. The number of ether oxygens (including phenoxy) is 1. The molecule has 0 radical (unpaired) electrons. The first-order chi connectivity index (χ1) is 13.7. The van der Waals surface area contributed by atoms with E-state index in [1.165, 1.54) is 0 Å². The van der Waals surface area contributed by atoms with Crippen LogP contribution in [0.3, 0.4) is 0 Å². The zero-order chi connectivity index (χ0) is 19.3. The van der Waals surface area contributed by atoms with Gasteiger partial charge in [0.1, 0.15) is 17.3 Å². The maximum Gasteiger partial charge on any atom is 0.210 e. The van der Waals surface area contributed by atoms with Crippen LogP contribution < -0.4 is 10.1 Å².